The van der Waals surface area contributed by atoms with Crippen molar-refractivity contribution in [1.29, 1.82) is 0 Å². The number of rotatable bonds is 8. The minimum atomic E-state index is -4.81. The van der Waals surface area contributed by atoms with Crippen LogP contribution in [0.15, 0.2) is 24.5 Å². The van der Waals surface area contributed by atoms with E-state index in [2.05, 4.69) is 15.0 Å². The van der Waals surface area contributed by atoms with Crippen LogP contribution in [0.1, 0.15) is 23.8 Å². The van der Waals surface area contributed by atoms with E-state index in [0.29, 0.717) is 30.8 Å². The van der Waals surface area contributed by atoms with Crippen molar-refractivity contribution in [2.45, 2.75) is 37.2 Å². The predicted molar refractivity (Wildman–Crippen MR) is 142 cm³/mol. The Hall–Kier alpha value is -2.03. The van der Waals surface area contributed by atoms with Gasteiger partial charge in [0.05, 0.1) is 19.5 Å². The molecule has 3 unspecified atom stereocenters. The molecule has 2 fully saturated rings. The third kappa shape index (κ3) is 5.45. The summed E-state index contributed by atoms with van der Waals surface area (Å²) in [5.41, 5.74) is 0.348. The molecule has 1 aliphatic carbocycles. The number of aromatic nitrogens is 4. The van der Waals surface area contributed by atoms with Gasteiger partial charge in [-0.05, 0) is 41.6 Å². The van der Waals surface area contributed by atoms with Crippen molar-refractivity contribution in [3.8, 4) is 0 Å². The molecule has 14 nitrogen and oxygen atoms in total. The molecule has 2 saturated heterocycles. The zero-order chi connectivity index (χ0) is 29.4. The van der Waals surface area contributed by atoms with E-state index in [1.807, 2.05) is 11.0 Å². The molecule has 5 N–H and O–H groups in total. The first-order valence-electron chi connectivity index (χ1n) is 12.6. The highest BCUT2D eigenvalue weighted by atomic mass is 35.5. The van der Waals surface area contributed by atoms with Gasteiger partial charge in [0.15, 0.2) is 29.1 Å². The molecule has 0 saturated carbocycles. The summed E-state index contributed by atoms with van der Waals surface area (Å²) in [4.78, 5) is 42.5. The maximum absolute atomic E-state index is 14.3. The van der Waals surface area contributed by atoms with Crippen LogP contribution >= 0.6 is 26.8 Å². The molecule has 222 valence electrons. The number of halogens is 2. The molecule has 4 atom stereocenters. The Morgan fingerprint density at radius 2 is 1.95 bits per heavy atom. The highest BCUT2D eigenvalue weighted by Crippen LogP contribution is 2.55. The topological polar surface area (TPSA) is 201 Å². The summed E-state index contributed by atoms with van der Waals surface area (Å²) in [6.45, 7) is 0.253. The fourth-order valence-corrected chi connectivity index (χ4v) is 8.72. The lowest BCUT2D eigenvalue weighted by Crippen LogP contribution is -2.57. The zero-order valence-electron chi connectivity index (χ0n) is 21.4. The van der Waals surface area contributed by atoms with Gasteiger partial charge in [-0.3, -0.25) is 13.7 Å². The minimum Gasteiger partial charge on any atom is -0.385 e. The molecular weight excluding hydrogens is 607 g/mol. The minimum absolute atomic E-state index is 0.0733. The van der Waals surface area contributed by atoms with Gasteiger partial charge in [-0.15, -0.1) is 0 Å². The molecular formula is C23H27ClFN5O9P2. The number of fused-ring (bicyclic) bond motifs is 2. The van der Waals surface area contributed by atoms with Gasteiger partial charge < -0.3 is 39.1 Å². The van der Waals surface area contributed by atoms with E-state index < -0.39 is 45.6 Å². The van der Waals surface area contributed by atoms with Crippen molar-refractivity contribution in [3.05, 3.63) is 46.8 Å². The fourth-order valence-electron chi connectivity index (χ4n) is 5.99. The van der Waals surface area contributed by atoms with Gasteiger partial charge in [0.2, 0.25) is 5.28 Å². The predicted octanol–water partition coefficient (Wildman–Crippen LogP) is 1.57. The Morgan fingerprint density at radius 3 is 2.66 bits per heavy atom. The summed E-state index contributed by atoms with van der Waals surface area (Å²) in [7, 11) is -9.44. The maximum atomic E-state index is 14.3. The standard InChI is InChI=1S/C23H27ClFN5O9P2/c24-21-27-18(29-8-22(9-29)6-13-2-1-3-15(25)14(13)7-22)16-19(28-21)30(11-26-16)20-17(31)23(32,10-38-20)4-5-39-41(36,37)12-40(33,34)35/h1-3,11,17,20,31-32H,4-10,12H2,(H,36,37)(H2,33,34,35)/t17?,20-,23?/m1/s1. The normalized spacial score (nSPS) is 26.9. The number of anilines is 1. The highest BCUT2D eigenvalue weighted by Gasteiger charge is 2.51. The maximum Gasteiger partial charge on any atom is 0.340 e. The van der Waals surface area contributed by atoms with Crippen LogP contribution in [0.2, 0.25) is 5.28 Å². The van der Waals surface area contributed by atoms with Crippen LogP contribution in [0.25, 0.3) is 11.2 Å². The first-order chi connectivity index (χ1) is 19.2. The number of ether oxygens (including phenoxy) is 1. The molecule has 6 rings (SSSR count). The molecule has 0 amide bonds. The summed E-state index contributed by atoms with van der Waals surface area (Å²) in [6.07, 6.45) is -0.342. The third-order valence-corrected chi connectivity index (χ3v) is 11.5. The Bertz CT molecular complexity index is 1620. The van der Waals surface area contributed by atoms with Crippen LogP contribution in [0, 0.1) is 11.2 Å². The quantitative estimate of drug-likeness (QED) is 0.177. The summed E-state index contributed by atoms with van der Waals surface area (Å²) < 4.78 is 49.0. The Balaban J connectivity index is 1.17. The van der Waals surface area contributed by atoms with Crippen molar-refractivity contribution < 1.29 is 47.7 Å². The molecule has 1 spiro atoms. The van der Waals surface area contributed by atoms with E-state index >= 15 is 0 Å². The summed E-state index contributed by atoms with van der Waals surface area (Å²) in [6, 6.07) is 5.14. The summed E-state index contributed by atoms with van der Waals surface area (Å²) in [5.74, 6) is -1.09. The number of nitrogens with zero attached hydrogens (tertiary/aromatic N) is 5. The van der Waals surface area contributed by atoms with Gasteiger partial charge in [-0.2, -0.15) is 9.97 Å². The van der Waals surface area contributed by atoms with Gasteiger partial charge in [-0.25, -0.2) is 9.37 Å². The Morgan fingerprint density at radius 1 is 1.20 bits per heavy atom. The van der Waals surface area contributed by atoms with Crippen molar-refractivity contribution >= 4 is 43.8 Å². The number of benzene rings is 1. The first-order valence-corrected chi connectivity index (χ1v) is 16.6. The lowest BCUT2D eigenvalue weighted by atomic mass is 9.77. The molecule has 41 heavy (non-hydrogen) atoms. The molecule has 0 bridgehead atoms. The number of aliphatic hydroxyl groups excluding tert-OH is 1. The van der Waals surface area contributed by atoms with Crippen LogP contribution in [0.4, 0.5) is 10.2 Å². The molecule has 0 radical (unpaired) electrons. The lowest BCUT2D eigenvalue weighted by molar-refractivity contribution is -0.0698. The second-order valence-corrected chi connectivity index (χ2v) is 15.3. The van der Waals surface area contributed by atoms with Gasteiger partial charge >= 0.3 is 15.2 Å². The molecule has 4 heterocycles. The van der Waals surface area contributed by atoms with Crippen LogP contribution in [0.5, 0.6) is 0 Å². The molecule has 18 heteroatoms. The largest absolute Gasteiger partial charge is 0.385 e. The van der Waals surface area contributed by atoms with Gasteiger partial charge in [0, 0.05) is 24.9 Å². The van der Waals surface area contributed by atoms with Crippen molar-refractivity contribution in [1.82, 2.24) is 19.5 Å². The van der Waals surface area contributed by atoms with Crippen LogP contribution in [-0.2, 0) is 31.2 Å². The SMILES string of the molecule is O=P(O)(O)CP(=O)(O)OCCC1(O)CO[C@@H](n2cnc3c(N4CC5(Cc6cccc(F)c6C5)C4)nc(Cl)nc32)C1O. The van der Waals surface area contributed by atoms with E-state index in [1.165, 1.54) is 17.0 Å². The first kappa shape index (κ1) is 29.1. The van der Waals surface area contributed by atoms with E-state index in [4.69, 9.17) is 30.6 Å². The van der Waals surface area contributed by atoms with Crippen molar-refractivity contribution in [3.63, 3.8) is 0 Å². The van der Waals surface area contributed by atoms with E-state index in [0.717, 1.165) is 17.5 Å². The van der Waals surface area contributed by atoms with Gasteiger partial charge in [0.1, 0.15) is 17.5 Å². The van der Waals surface area contributed by atoms with Crippen LogP contribution in [0.3, 0.4) is 0 Å². The monoisotopic (exact) mass is 633 g/mol. The van der Waals surface area contributed by atoms with E-state index in [9.17, 15) is 28.6 Å². The third-order valence-electron chi connectivity index (χ3n) is 7.85. The molecule has 1 aromatic carbocycles. The average Bonchev–Trinajstić information content (AvgIpc) is 3.51. The zero-order valence-corrected chi connectivity index (χ0v) is 23.9. The average molecular weight is 634 g/mol. The van der Waals surface area contributed by atoms with Gasteiger partial charge in [-0.1, -0.05) is 12.1 Å². The Kier molecular flexibility index (Phi) is 7.10. The van der Waals surface area contributed by atoms with E-state index in [-0.39, 0.29) is 35.2 Å². The number of hydrogen-bond donors (Lipinski definition) is 5. The number of imidazole rings is 1. The molecule has 3 aromatic rings. The lowest BCUT2D eigenvalue weighted by Gasteiger charge is -2.49. The smallest absolute Gasteiger partial charge is 0.340 e. The molecule has 3 aliphatic rings. The summed E-state index contributed by atoms with van der Waals surface area (Å²) >= 11 is 6.26. The van der Waals surface area contributed by atoms with Crippen LogP contribution < -0.4 is 4.90 Å². The second-order valence-electron chi connectivity index (χ2n) is 11.0. The fraction of sp³-hybridized carbons (Fsp3) is 0.522. The molecule has 2 aromatic heterocycles. The highest BCUT2D eigenvalue weighted by molar-refractivity contribution is 7.70. The van der Waals surface area contributed by atoms with E-state index in [1.54, 1.807) is 6.07 Å². The number of aliphatic hydroxyl groups is 2. The van der Waals surface area contributed by atoms with Crippen LogP contribution in [-0.4, -0.2) is 88.3 Å². The molecule has 2 aliphatic heterocycles. The summed E-state index contributed by atoms with van der Waals surface area (Å²) in [5, 5.41) is 21.9. The Labute approximate surface area is 237 Å². The van der Waals surface area contributed by atoms with Gasteiger partial charge in [0.25, 0.3) is 0 Å². The van der Waals surface area contributed by atoms with Crippen molar-refractivity contribution in [2.24, 2.45) is 5.41 Å². The second kappa shape index (κ2) is 10.0. The number of hydrogen-bond acceptors (Lipinski definition) is 10. The van der Waals surface area contributed by atoms with Crippen molar-refractivity contribution in [2.75, 3.05) is 37.1 Å².